The highest BCUT2D eigenvalue weighted by Crippen LogP contribution is 2.23. The van der Waals surface area contributed by atoms with Crippen molar-refractivity contribution in [3.63, 3.8) is 0 Å². The van der Waals surface area contributed by atoms with Crippen molar-refractivity contribution in [1.82, 2.24) is 10.3 Å². The van der Waals surface area contributed by atoms with E-state index in [1.54, 1.807) is 11.3 Å². The number of carbonyl (C=O) groups is 2. The van der Waals surface area contributed by atoms with Gasteiger partial charge in [0.15, 0.2) is 0 Å². The molecule has 0 aliphatic heterocycles. The Morgan fingerprint density at radius 1 is 1.14 bits per heavy atom. The molecule has 6 heteroatoms. The maximum Gasteiger partial charge on any atom is 0.307 e. The minimum Gasteiger partial charge on any atom is -0.469 e. The van der Waals surface area contributed by atoms with E-state index in [-0.39, 0.29) is 24.3 Å². The number of methoxy groups -OCH3 is 1. The Morgan fingerprint density at radius 3 is 2.61 bits per heavy atom. The molecule has 3 rings (SSSR count). The van der Waals surface area contributed by atoms with Crippen LogP contribution in [0.1, 0.15) is 41.4 Å². The molecule has 1 heterocycles. The number of esters is 1. The van der Waals surface area contributed by atoms with Crippen LogP contribution < -0.4 is 5.32 Å². The minimum atomic E-state index is -0.386. The van der Waals surface area contributed by atoms with Crippen LogP contribution in [-0.2, 0) is 20.7 Å². The van der Waals surface area contributed by atoms with E-state index in [9.17, 15) is 9.59 Å². The van der Waals surface area contributed by atoms with Gasteiger partial charge in [0, 0.05) is 6.42 Å². The van der Waals surface area contributed by atoms with Crippen LogP contribution in [0, 0.1) is 6.92 Å². The van der Waals surface area contributed by atoms with Gasteiger partial charge in [0.05, 0.1) is 34.8 Å². The minimum absolute atomic E-state index is 0.0735. The summed E-state index contributed by atoms with van der Waals surface area (Å²) in [6.45, 7) is 2.00. The topological polar surface area (TPSA) is 68.3 Å². The highest BCUT2D eigenvalue weighted by atomic mass is 32.1. The average Bonchev–Trinajstić information content (AvgIpc) is 3.10. The summed E-state index contributed by atoms with van der Waals surface area (Å²) in [6, 6.07) is 15.5. The maximum atomic E-state index is 12.4. The van der Waals surface area contributed by atoms with Gasteiger partial charge >= 0.3 is 5.97 Å². The number of aromatic nitrogens is 1. The van der Waals surface area contributed by atoms with Crippen molar-refractivity contribution in [2.45, 2.75) is 38.6 Å². The van der Waals surface area contributed by atoms with Gasteiger partial charge in [-0.1, -0.05) is 42.0 Å². The molecule has 1 aromatic heterocycles. The molecule has 0 fully saturated rings. The zero-order chi connectivity index (χ0) is 19.9. The van der Waals surface area contributed by atoms with E-state index in [0.717, 1.165) is 28.1 Å². The first-order valence-corrected chi connectivity index (χ1v) is 10.1. The van der Waals surface area contributed by atoms with Gasteiger partial charge in [-0.25, -0.2) is 4.98 Å². The molecule has 146 valence electrons. The summed E-state index contributed by atoms with van der Waals surface area (Å²) in [7, 11) is 1.36. The lowest BCUT2D eigenvalue weighted by Crippen LogP contribution is -2.30. The Kier molecular flexibility index (Phi) is 6.76. The fourth-order valence-electron chi connectivity index (χ4n) is 2.99. The normalized spacial score (nSPS) is 11.9. The second kappa shape index (κ2) is 9.46. The second-order valence-electron chi connectivity index (χ2n) is 6.74. The van der Waals surface area contributed by atoms with Gasteiger partial charge in [-0.05, 0) is 37.5 Å². The number of benzene rings is 2. The van der Waals surface area contributed by atoms with Crippen LogP contribution in [0.2, 0.25) is 0 Å². The number of hydrogen-bond donors (Lipinski definition) is 1. The van der Waals surface area contributed by atoms with E-state index in [1.165, 1.54) is 11.8 Å². The lowest BCUT2D eigenvalue weighted by molar-refractivity contribution is -0.141. The zero-order valence-corrected chi connectivity index (χ0v) is 16.9. The second-order valence-corrected chi connectivity index (χ2v) is 7.86. The third-order valence-electron chi connectivity index (χ3n) is 4.55. The van der Waals surface area contributed by atoms with Crippen LogP contribution in [-0.4, -0.2) is 24.0 Å². The zero-order valence-electron chi connectivity index (χ0n) is 16.1. The number of nitrogens with one attached hydrogen (secondary N) is 1. The van der Waals surface area contributed by atoms with Crippen molar-refractivity contribution in [1.29, 1.82) is 0 Å². The molecule has 3 aromatic rings. The Bertz CT molecular complexity index is 917. The highest BCUT2D eigenvalue weighted by Gasteiger charge is 2.19. The lowest BCUT2D eigenvalue weighted by atomic mass is 10.0. The molecule has 1 unspecified atom stereocenters. The molecule has 0 saturated heterocycles. The molecule has 0 bridgehead atoms. The summed E-state index contributed by atoms with van der Waals surface area (Å²) in [5, 5.41) is 4.01. The molecule has 0 radical (unpaired) electrons. The van der Waals surface area contributed by atoms with E-state index >= 15 is 0 Å². The van der Waals surface area contributed by atoms with E-state index in [4.69, 9.17) is 4.74 Å². The highest BCUT2D eigenvalue weighted by molar-refractivity contribution is 7.18. The number of fused-ring (bicyclic) bond motifs is 1. The van der Waals surface area contributed by atoms with Gasteiger partial charge in [0.2, 0.25) is 5.91 Å². The number of carbonyl (C=O) groups excluding carboxylic acids is 2. The Balaban J connectivity index is 1.56. The first-order chi connectivity index (χ1) is 13.5. The molecular formula is C22H24N2O3S. The smallest absolute Gasteiger partial charge is 0.307 e. The number of thiazole rings is 1. The first kappa shape index (κ1) is 20.0. The van der Waals surface area contributed by atoms with Crippen molar-refractivity contribution in [2.24, 2.45) is 0 Å². The third-order valence-corrected chi connectivity index (χ3v) is 5.64. The monoisotopic (exact) mass is 396 g/mol. The summed E-state index contributed by atoms with van der Waals surface area (Å²) in [6.07, 6.45) is 1.98. The molecule has 5 nitrogen and oxygen atoms in total. The van der Waals surface area contributed by atoms with E-state index in [2.05, 4.69) is 16.4 Å². The largest absolute Gasteiger partial charge is 0.469 e. The van der Waals surface area contributed by atoms with Gasteiger partial charge in [-0.3, -0.25) is 9.59 Å². The summed E-state index contributed by atoms with van der Waals surface area (Å²) < 4.78 is 5.94. The standard InChI is InChI=1S/C22H24N2O3S/c1-15-10-12-16(13-11-15)18(14-22(26)27-2)23-20(25)8-5-9-21-24-17-6-3-4-7-19(17)28-21/h3-4,6-7,10-13,18H,5,8-9,14H2,1-2H3,(H,23,25). The van der Waals surface area contributed by atoms with Crippen molar-refractivity contribution in [3.05, 3.63) is 64.7 Å². The predicted molar refractivity (Wildman–Crippen MR) is 111 cm³/mol. The maximum absolute atomic E-state index is 12.4. The first-order valence-electron chi connectivity index (χ1n) is 9.32. The molecular weight excluding hydrogens is 372 g/mol. The fraction of sp³-hybridized carbons (Fsp3) is 0.318. The van der Waals surface area contributed by atoms with E-state index in [1.807, 2.05) is 49.4 Å². The van der Waals surface area contributed by atoms with Crippen molar-refractivity contribution < 1.29 is 14.3 Å². The van der Waals surface area contributed by atoms with Crippen molar-refractivity contribution in [2.75, 3.05) is 7.11 Å². The molecule has 1 amide bonds. The van der Waals surface area contributed by atoms with Crippen molar-refractivity contribution >= 4 is 33.4 Å². The van der Waals surface area contributed by atoms with Gasteiger partial charge in [0.25, 0.3) is 0 Å². The molecule has 0 aliphatic rings. The van der Waals surface area contributed by atoms with Crippen LogP contribution in [0.5, 0.6) is 0 Å². The molecule has 0 saturated carbocycles. The number of ether oxygens (including phenoxy) is 1. The summed E-state index contributed by atoms with van der Waals surface area (Å²) >= 11 is 1.67. The van der Waals surface area contributed by atoms with E-state index < -0.39 is 0 Å². The van der Waals surface area contributed by atoms with Crippen molar-refractivity contribution in [3.8, 4) is 0 Å². The molecule has 1 atom stereocenters. The number of nitrogens with zero attached hydrogens (tertiary/aromatic N) is 1. The molecule has 0 aliphatic carbocycles. The number of aryl methyl sites for hydroxylation is 2. The van der Waals surface area contributed by atoms with Crippen LogP contribution >= 0.6 is 11.3 Å². The van der Waals surface area contributed by atoms with Gasteiger partial charge < -0.3 is 10.1 Å². The van der Waals surface area contributed by atoms with Crippen LogP contribution in [0.3, 0.4) is 0 Å². The SMILES string of the molecule is COC(=O)CC(NC(=O)CCCc1nc2ccccc2s1)c1ccc(C)cc1. The summed E-state index contributed by atoms with van der Waals surface area (Å²) in [5.74, 6) is -0.420. The molecule has 2 aromatic carbocycles. The average molecular weight is 397 g/mol. The predicted octanol–water partition coefficient (Wildman–Crippen LogP) is 4.35. The number of amides is 1. The Hall–Kier alpha value is -2.73. The molecule has 1 N–H and O–H groups in total. The Morgan fingerprint density at radius 2 is 1.89 bits per heavy atom. The molecule has 0 spiro atoms. The van der Waals surface area contributed by atoms with Gasteiger partial charge in [-0.15, -0.1) is 11.3 Å². The van der Waals surface area contributed by atoms with Crippen LogP contribution in [0.25, 0.3) is 10.2 Å². The van der Waals surface area contributed by atoms with Gasteiger partial charge in [0.1, 0.15) is 0 Å². The summed E-state index contributed by atoms with van der Waals surface area (Å²) in [5.41, 5.74) is 3.03. The number of hydrogen-bond acceptors (Lipinski definition) is 5. The van der Waals surface area contributed by atoms with Gasteiger partial charge in [-0.2, -0.15) is 0 Å². The summed E-state index contributed by atoms with van der Waals surface area (Å²) in [4.78, 5) is 28.8. The third kappa shape index (κ3) is 5.39. The Labute approximate surface area is 168 Å². The van der Waals surface area contributed by atoms with E-state index in [0.29, 0.717) is 12.8 Å². The quantitative estimate of drug-likeness (QED) is 0.575. The fourth-order valence-corrected chi connectivity index (χ4v) is 4.00. The lowest BCUT2D eigenvalue weighted by Gasteiger charge is -2.18. The molecule has 28 heavy (non-hydrogen) atoms. The number of para-hydroxylation sites is 1. The van der Waals surface area contributed by atoms with Crippen LogP contribution in [0.4, 0.5) is 0 Å². The van der Waals surface area contributed by atoms with Crippen LogP contribution in [0.15, 0.2) is 48.5 Å². The number of rotatable bonds is 8.